The number of hydrogen-bond donors (Lipinski definition) is 0. The first-order valence-corrected chi connectivity index (χ1v) is 8.50. The zero-order chi connectivity index (χ0) is 17.2. The van der Waals surface area contributed by atoms with E-state index in [1.54, 1.807) is 7.11 Å². The van der Waals surface area contributed by atoms with Gasteiger partial charge >= 0.3 is 0 Å². The van der Waals surface area contributed by atoms with Crippen molar-refractivity contribution in [3.8, 4) is 11.5 Å². The monoisotopic (exact) mass is 348 g/mol. The smallest absolute Gasteiger partial charge is 0.127 e. The molecule has 0 radical (unpaired) electrons. The Bertz CT molecular complexity index is 925. The third-order valence-corrected chi connectivity index (χ3v) is 4.65. The summed E-state index contributed by atoms with van der Waals surface area (Å²) in [6.07, 6.45) is 0. The summed E-state index contributed by atoms with van der Waals surface area (Å²) < 4.78 is 11.3. The number of rotatable bonds is 3. The number of methoxy groups -OCH3 is 1. The predicted octanol–water partition coefficient (Wildman–Crippen LogP) is 5.70. The largest absolute Gasteiger partial charge is 0.497 e. The van der Waals surface area contributed by atoms with Gasteiger partial charge < -0.3 is 9.47 Å². The lowest BCUT2D eigenvalue weighted by Crippen LogP contribution is -2.11. The fourth-order valence-corrected chi connectivity index (χ4v) is 3.28. The molecule has 0 aliphatic carbocycles. The Morgan fingerprint density at radius 1 is 0.840 bits per heavy atom. The summed E-state index contributed by atoms with van der Waals surface area (Å²) in [7, 11) is 1.68. The minimum Gasteiger partial charge on any atom is -0.497 e. The van der Waals surface area contributed by atoms with Crippen LogP contribution in [0.1, 0.15) is 16.7 Å². The summed E-state index contributed by atoms with van der Waals surface area (Å²) in [6, 6.07) is 24.2. The van der Waals surface area contributed by atoms with Crippen LogP contribution < -0.4 is 9.47 Å². The van der Waals surface area contributed by atoms with E-state index in [1.807, 2.05) is 54.6 Å². The summed E-state index contributed by atoms with van der Waals surface area (Å²) in [4.78, 5) is 0. The van der Waals surface area contributed by atoms with Gasteiger partial charge in [-0.3, -0.25) is 0 Å². The lowest BCUT2D eigenvalue weighted by molar-refractivity contribution is 0.365. The van der Waals surface area contributed by atoms with Crippen LogP contribution in [0, 0.1) is 0 Å². The molecule has 1 aliphatic heterocycles. The highest BCUT2D eigenvalue weighted by Gasteiger charge is 2.22. The maximum absolute atomic E-state index is 6.06. The van der Waals surface area contributed by atoms with Crippen molar-refractivity contribution in [2.24, 2.45) is 0 Å². The summed E-state index contributed by atoms with van der Waals surface area (Å²) in [6.45, 7) is 0.528. The predicted molar refractivity (Wildman–Crippen MR) is 102 cm³/mol. The van der Waals surface area contributed by atoms with Gasteiger partial charge in [-0.25, -0.2) is 0 Å². The lowest BCUT2D eigenvalue weighted by atomic mass is 9.88. The van der Waals surface area contributed by atoms with Gasteiger partial charge in [0.15, 0.2) is 0 Å². The van der Waals surface area contributed by atoms with Crippen LogP contribution in [0.15, 0.2) is 72.8 Å². The van der Waals surface area contributed by atoms with Crippen LogP contribution in [0.5, 0.6) is 11.5 Å². The fraction of sp³-hybridized carbons (Fsp3) is 0.0909. The molecule has 25 heavy (non-hydrogen) atoms. The minimum atomic E-state index is 0.528. The molecule has 3 heteroatoms. The Labute approximate surface area is 152 Å². The number of halogens is 1. The van der Waals surface area contributed by atoms with Gasteiger partial charge in [0, 0.05) is 16.2 Å². The third-order valence-electron chi connectivity index (χ3n) is 4.40. The third kappa shape index (κ3) is 3.01. The van der Waals surface area contributed by atoms with E-state index in [2.05, 4.69) is 18.2 Å². The minimum absolute atomic E-state index is 0.528. The average molecular weight is 349 g/mol. The lowest BCUT2D eigenvalue weighted by Gasteiger charge is -2.25. The summed E-state index contributed by atoms with van der Waals surface area (Å²) in [5, 5.41) is 0.729. The number of fused-ring (bicyclic) bond motifs is 1. The van der Waals surface area contributed by atoms with Gasteiger partial charge in [-0.15, -0.1) is 0 Å². The second-order valence-electron chi connectivity index (χ2n) is 5.87. The zero-order valence-electron chi connectivity index (χ0n) is 13.8. The summed E-state index contributed by atoms with van der Waals surface area (Å²) in [5.41, 5.74) is 5.70. The Morgan fingerprint density at radius 3 is 2.24 bits per heavy atom. The Morgan fingerprint density at radius 2 is 1.52 bits per heavy atom. The standard InChI is InChI=1S/C22H17ClO2/c1-24-18-12-8-16(9-13-18)22-19-4-2-3-5-21(19)25-14-20(22)15-6-10-17(23)11-7-15/h2-13H,14H2,1H3. The van der Waals surface area contributed by atoms with Gasteiger partial charge in [0.05, 0.1) is 7.11 Å². The molecule has 124 valence electrons. The molecule has 0 unspecified atom stereocenters. The number of benzene rings is 3. The molecule has 1 heterocycles. The SMILES string of the molecule is COc1ccc(C2=C(c3ccc(Cl)cc3)COc3ccccc32)cc1. The first-order chi connectivity index (χ1) is 12.3. The summed E-state index contributed by atoms with van der Waals surface area (Å²) in [5.74, 6) is 1.75. The highest BCUT2D eigenvalue weighted by atomic mass is 35.5. The van der Waals surface area contributed by atoms with Crippen molar-refractivity contribution < 1.29 is 9.47 Å². The van der Waals surface area contributed by atoms with Gasteiger partial charge in [-0.2, -0.15) is 0 Å². The van der Waals surface area contributed by atoms with Crippen molar-refractivity contribution in [1.29, 1.82) is 0 Å². The maximum atomic E-state index is 6.06. The van der Waals surface area contributed by atoms with E-state index in [0.717, 1.165) is 38.8 Å². The highest BCUT2D eigenvalue weighted by molar-refractivity contribution is 6.30. The second-order valence-corrected chi connectivity index (χ2v) is 6.31. The van der Waals surface area contributed by atoms with Crippen molar-refractivity contribution >= 4 is 22.7 Å². The van der Waals surface area contributed by atoms with Crippen LogP contribution in [-0.2, 0) is 0 Å². The molecule has 0 bridgehead atoms. The maximum Gasteiger partial charge on any atom is 0.127 e. The Hall–Kier alpha value is -2.71. The molecule has 0 spiro atoms. The van der Waals surface area contributed by atoms with Crippen LogP contribution in [0.2, 0.25) is 5.02 Å². The van der Waals surface area contributed by atoms with Crippen LogP contribution in [0.4, 0.5) is 0 Å². The average Bonchev–Trinajstić information content (AvgIpc) is 2.68. The van der Waals surface area contributed by atoms with Gasteiger partial charge in [0.1, 0.15) is 18.1 Å². The molecule has 0 fully saturated rings. The van der Waals surface area contributed by atoms with E-state index in [0.29, 0.717) is 6.61 Å². The molecule has 0 amide bonds. The molecule has 0 saturated carbocycles. The molecular weight excluding hydrogens is 332 g/mol. The molecule has 2 nitrogen and oxygen atoms in total. The fourth-order valence-electron chi connectivity index (χ4n) is 3.15. The van der Waals surface area contributed by atoms with Crippen LogP contribution in [-0.4, -0.2) is 13.7 Å². The number of ether oxygens (including phenoxy) is 2. The molecule has 4 rings (SSSR count). The molecule has 0 aromatic heterocycles. The first-order valence-electron chi connectivity index (χ1n) is 8.12. The van der Waals surface area contributed by atoms with Crippen molar-refractivity contribution in [3.63, 3.8) is 0 Å². The zero-order valence-corrected chi connectivity index (χ0v) is 14.6. The molecule has 0 saturated heterocycles. The van der Waals surface area contributed by atoms with E-state index in [1.165, 1.54) is 5.57 Å². The molecule has 1 aliphatic rings. The van der Waals surface area contributed by atoms with Crippen LogP contribution in [0.25, 0.3) is 11.1 Å². The Balaban J connectivity index is 1.93. The van der Waals surface area contributed by atoms with E-state index in [9.17, 15) is 0 Å². The van der Waals surface area contributed by atoms with E-state index >= 15 is 0 Å². The van der Waals surface area contributed by atoms with Gasteiger partial charge in [0.25, 0.3) is 0 Å². The van der Waals surface area contributed by atoms with Crippen LogP contribution in [0.3, 0.4) is 0 Å². The van der Waals surface area contributed by atoms with E-state index in [4.69, 9.17) is 21.1 Å². The van der Waals surface area contributed by atoms with Crippen molar-refractivity contribution in [1.82, 2.24) is 0 Å². The summed E-state index contributed by atoms with van der Waals surface area (Å²) >= 11 is 6.06. The topological polar surface area (TPSA) is 18.5 Å². The second kappa shape index (κ2) is 6.66. The van der Waals surface area contributed by atoms with E-state index < -0.39 is 0 Å². The van der Waals surface area contributed by atoms with Crippen molar-refractivity contribution in [2.45, 2.75) is 0 Å². The van der Waals surface area contributed by atoms with E-state index in [-0.39, 0.29) is 0 Å². The van der Waals surface area contributed by atoms with Gasteiger partial charge in [0.2, 0.25) is 0 Å². The Kier molecular flexibility index (Phi) is 4.21. The van der Waals surface area contributed by atoms with Crippen LogP contribution >= 0.6 is 11.6 Å². The first kappa shape index (κ1) is 15.8. The number of para-hydroxylation sites is 1. The molecular formula is C22H17ClO2. The van der Waals surface area contributed by atoms with Crippen molar-refractivity contribution in [3.05, 3.63) is 94.5 Å². The molecule has 0 atom stereocenters. The quantitative estimate of drug-likeness (QED) is 0.604. The van der Waals surface area contributed by atoms with Crippen molar-refractivity contribution in [2.75, 3.05) is 13.7 Å². The number of hydrogen-bond acceptors (Lipinski definition) is 2. The normalized spacial score (nSPS) is 13.2. The van der Waals surface area contributed by atoms with Gasteiger partial charge in [-0.1, -0.05) is 54.1 Å². The van der Waals surface area contributed by atoms with Gasteiger partial charge in [-0.05, 0) is 47.0 Å². The highest BCUT2D eigenvalue weighted by Crippen LogP contribution is 2.41. The molecule has 3 aromatic rings. The molecule has 0 N–H and O–H groups in total. The molecule has 3 aromatic carbocycles.